The highest BCUT2D eigenvalue weighted by Gasteiger charge is 2.67. The quantitative estimate of drug-likeness (QED) is 0.415. The number of likely N-dealkylation sites (N-methyl/N-ethyl adjacent to an activating group) is 1. The molecule has 0 spiro atoms. The van der Waals surface area contributed by atoms with Crippen molar-refractivity contribution in [1.29, 1.82) is 0 Å². The normalized spacial score (nSPS) is 38.4. The van der Waals surface area contributed by atoms with E-state index in [0.29, 0.717) is 12.3 Å². The number of amidine groups is 2. The lowest BCUT2D eigenvalue weighted by molar-refractivity contribution is -0.0511. The molecule has 4 aliphatic rings. The molecule has 2 unspecified atom stereocenters. The second-order valence-corrected chi connectivity index (χ2v) is 10.7. The molecule has 1 aromatic rings. The van der Waals surface area contributed by atoms with Gasteiger partial charge < -0.3 is 30.3 Å². The first-order valence-corrected chi connectivity index (χ1v) is 12.0. The van der Waals surface area contributed by atoms with Crippen LogP contribution in [-0.2, 0) is 13.8 Å². The summed E-state index contributed by atoms with van der Waals surface area (Å²) in [7, 11) is -2.29. The molecule has 1 saturated heterocycles. The number of hydrogen-bond donors (Lipinski definition) is 4. The highest BCUT2D eigenvalue weighted by Crippen LogP contribution is 2.67. The number of fused-ring (bicyclic) bond motifs is 1. The van der Waals surface area contributed by atoms with Gasteiger partial charge in [-0.1, -0.05) is 30.3 Å². The minimum absolute atomic E-state index is 0.0390. The number of aliphatic hydroxyl groups is 3. The lowest BCUT2D eigenvalue weighted by Crippen LogP contribution is -2.58. The summed E-state index contributed by atoms with van der Waals surface area (Å²) in [5.41, 5.74) is 7.08. The fraction of sp³-hybridized carbons (Fsp3) is 0.450. The summed E-state index contributed by atoms with van der Waals surface area (Å²) in [6.07, 6.45) is -1.70. The average Bonchev–Trinajstić information content (AvgIpc) is 3.36. The number of hydrogen-bond acceptors (Lipinski definition) is 11. The van der Waals surface area contributed by atoms with Crippen molar-refractivity contribution >= 4 is 31.3 Å². The van der Waals surface area contributed by atoms with E-state index in [1.54, 1.807) is 7.05 Å². The number of aliphatic imine (C=N–C) groups is 3. The molecular weight excluding hydrogens is 451 g/mol. The van der Waals surface area contributed by atoms with E-state index in [1.807, 2.05) is 36.4 Å². The summed E-state index contributed by atoms with van der Waals surface area (Å²) in [4.78, 5) is 14.5. The maximum Gasteiger partial charge on any atom is 0.362 e. The molecule has 6 atom stereocenters. The van der Waals surface area contributed by atoms with Crippen molar-refractivity contribution in [2.24, 2.45) is 20.7 Å². The van der Waals surface area contributed by atoms with Gasteiger partial charge in [-0.3, -0.25) is 9.46 Å². The predicted octanol–water partition coefficient (Wildman–Crippen LogP) is -0.611. The summed E-state index contributed by atoms with van der Waals surface area (Å²) in [6.45, 7) is -0.230. The molecule has 1 fully saturated rings. The lowest BCUT2D eigenvalue weighted by atomic mass is 10.1. The predicted molar refractivity (Wildman–Crippen MR) is 120 cm³/mol. The van der Waals surface area contributed by atoms with Crippen molar-refractivity contribution in [3.8, 4) is 0 Å². The van der Waals surface area contributed by atoms with Gasteiger partial charge in [-0.2, -0.15) is 0 Å². The molecule has 4 aliphatic heterocycles. The number of nitrogens with two attached hydrogens (primary N) is 1. The number of ether oxygens (including phenoxy) is 1. The van der Waals surface area contributed by atoms with Crippen LogP contribution in [-0.4, -0.2) is 99.6 Å². The zero-order valence-corrected chi connectivity index (χ0v) is 18.7. The van der Waals surface area contributed by atoms with Gasteiger partial charge in [-0.15, -0.1) is 0 Å². The Morgan fingerprint density at radius 3 is 2.70 bits per heavy atom. The van der Waals surface area contributed by atoms with Gasteiger partial charge in [-0.05, 0) is 13.1 Å². The number of aliphatic hydroxyl groups excluding tert-OH is 3. The molecule has 1 aromatic carbocycles. The molecule has 176 valence electrons. The highest BCUT2D eigenvalue weighted by atomic mass is 31.2. The van der Waals surface area contributed by atoms with Crippen LogP contribution >= 0.6 is 7.52 Å². The minimum Gasteiger partial charge on any atom is -0.430 e. The summed E-state index contributed by atoms with van der Waals surface area (Å²) >= 11 is 0. The molecular formula is C20H25N6O6P. The van der Waals surface area contributed by atoms with Crippen molar-refractivity contribution < 1.29 is 29.1 Å². The summed E-state index contributed by atoms with van der Waals surface area (Å²) in [5.74, 6) is 0.516. The SMILES string of the molecule is CN1CC=C(c2ccccc2)OP1(=O)C12N=CN([C@@H]3O[C@H](CO)[C@@H](O)[C@@H]3O)C1=NCN=C2N. The molecule has 5 N–H and O–H groups in total. The second-order valence-electron chi connectivity index (χ2n) is 8.11. The fourth-order valence-corrected chi connectivity index (χ4v) is 6.89. The van der Waals surface area contributed by atoms with Crippen LogP contribution in [0.2, 0.25) is 0 Å². The van der Waals surface area contributed by atoms with Gasteiger partial charge in [0.1, 0.15) is 36.6 Å². The third-order valence-corrected chi connectivity index (χ3v) is 9.08. The van der Waals surface area contributed by atoms with E-state index >= 15 is 0 Å². The van der Waals surface area contributed by atoms with E-state index in [-0.39, 0.29) is 18.3 Å². The second kappa shape index (κ2) is 8.01. The molecule has 0 saturated carbocycles. The van der Waals surface area contributed by atoms with Crippen LogP contribution in [0, 0.1) is 0 Å². The zero-order valence-electron chi connectivity index (χ0n) is 17.8. The number of rotatable bonds is 4. The van der Waals surface area contributed by atoms with Gasteiger partial charge >= 0.3 is 7.52 Å². The topological polar surface area (TPSA) is 166 Å². The molecule has 33 heavy (non-hydrogen) atoms. The van der Waals surface area contributed by atoms with Gasteiger partial charge in [0.2, 0.25) is 0 Å². The Bertz CT molecular complexity index is 1110. The minimum atomic E-state index is -3.93. The van der Waals surface area contributed by atoms with Crippen molar-refractivity contribution in [3.63, 3.8) is 0 Å². The molecule has 12 nitrogen and oxygen atoms in total. The van der Waals surface area contributed by atoms with Crippen LogP contribution < -0.4 is 5.73 Å². The maximum absolute atomic E-state index is 14.6. The lowest BCUT2D eigenvalue weighted by Gasteiger charge is -2.43. The van der Waals surface area contributed by atoms with Crippen LogP contribution in [0.3, 0.4) is 0 Å². The first-order valence-electron chi connectivity index (χ1n) is 10.4. The summed E-state index contributed by atoms with van der Waals surface area (Å²) < 4.78 is 28.0. The number of nitrogens with zero attached hydrogens (tertiary/aromatic N) is 5. The third-order valence-electron chi connectivity index (χ3n) is 6.22. The Labute approximate surface area is 189 Å². The largest absolute Gasteiger partial charge is 0.430 e. The van der Waals surface area contributed by atoms with Crippen molar-refractivity contribution in [2.75, 3.05) is 26.9 Å². The van der Waals surface area contributed by atoms with Crippen LogP contribution in [0.5, 0.6) is 0 Å². The van der Waals surface area contributed by atoms with Crippen LogP contribution in [0.1, 0.15) is 5.56 Å². The Morgan fingerprint density at radius 1 is 1.24 bits per heavy atom. The molecule has 0 bridgehead atoms. The van der Waals surface area contributed by atoms with E-state index in [2.05, 4.69) is 15.0 Å². The van der Waals surface area contributed by atoms with E-state index in [1.165, 1.54) is 15.9 Å². The smallest absolute Gasteiger partial charge is 0.362 e. The van der Waals surface area contributed by atoms with E-state index in [9.17, 15) is 19.9 Å². The van der Waals surface area contributed by atoms with E-state index in [0.717, 1.165) is 5.56 Å². The van der Waals surface area contributed by atoms with Crippen LogP contribution in [0.15, 0.2) is 51.4 Å². The molecule has 0 aliphatic carbocycles. The van der Waals surface area contributed by atoms with Gasteiger partial charge in [0.05, 0.1) is 12.9 Å². The van der Waals surface area contributed by atoms with Crippen molar-refractivity contribution in [3.05, 3.63) is 42.0 Å². The molecule has 5 rings (SSSR count). The monoisotopic (exact) mass is 476 g/mol. The Kier molecular flexibility index (Phi) is 5.39. The van der Waals surface area contributed by atoms with E-state index in [4.69, 9.17) is 15.0 Å². The van der Waals surface area contributed by atoms with Crippen molar-refractivity contribution in [2.45, 2.75) is 29.8 Å². The van der Waals surface area contributed by atoms with Gasteiger partial charge in [0, 0.05) is 12.1 Å². The standard InChI is InChI=1S/C20H25N6O6P/c1-25-8-7-13(12-5-3-2-4-6-12)32-33(25,30)20-18(21)22-10-23-19(20)26(11-24-20)17-16(29)15(28)14(9-27)31-17/h2-7,11,14-17,27-29H,8-10H2,1H3,(H2,21,22)/t14-,15-,16+,17-,20?,33?/m1/s1. The summed E-state index contributed by atoms with van der Waals surface area (Å²) in [6, 6.07) is 9.25. The van der Waals surface area contributed by atoms with Gasteiger partial charge in [0.25, 0.3) is 5.28 Å². The maximum atomic E-state index is 14.6. The Hall–Kier alpha value is -2.60. The molecule has 0 aromatic heterocycles. The van der Waals surface area contributed by atoms with Gasteiger partial charge in [0.15, 0.2) is 12.1 Å². The van der Waals surface area contributed by atoms with Crippen LogP contribution in [0.25, 0.3) is 5.76 Å². The molecule has 13 heteroatoms. The number of benzene rings is 1. The third kappa shape index (κ3) is 3.10. The van der Waals surface area contributed by atoms with Crippen LogP contribution in [0.4, 0.5) is 0 Å². The summed E-state index contributed by atoms with van der Waals surface area (Å²) in [5, 5.41) is 28.5. The van der Waals surface area contributed by atoms with E-state index < -0.39 is 43.9 Å². The Morgan fingerprint density at radius 2 is 2.00 bits per heavy atom. The fourth-order valence-electron chi connectivity index (χ4n) is 4.39. The molecule has 0 radical (unpaired) electrons. The average molecular weight is 476 g/mol. The Balaban J connectivity index is 1.55. The molecule has 4 heterocycles. The first-order chi connectivity index (χ1) is 15.8. The van der Waals surface area contributed by atoms with Crippen molar-refractivity contribution in [1.82, 2.24) is 9.57 Å². The van der Waals surface area contributed by atoms with Gasteiger partial charge in [-0.25, -0.2) is 19.6 Å². The highest BCUT2D eigenvalue weighted by molar-refractivity contribution is 7.61. The first kappa shape index (κ1) is 22.2. The zero-order chi connectivity index (χ0) is 23.4. The molecule has 0 amide bonds.